The van der Waals surface area contributed by atoms with Gasteiger partial charge in [-0.3, -0.25) is 0 Å². The van der Waals surface area contributed by atoms with Crippen LogP contribution < -0.4 is 10.5 Å². The minimum atomic E-state index is -0.589. The molecule has 2 rings (SSSR count). The number of aromatic nitrogens is 2. The zero-order valence-corrected chi connectivity index (χ0v) is 8.32. The van der Waals surface area contributed by atoms with Gasteiger partial charge in [0.1, 0.15) is 5.75 Å². The van der Waals surface area contributed by atoms with E-state index in [0.29, 0.717) is 11.3 Å². The van der Waals surface area contributed by atoms with Crippen LogP contribution in [0.5, 0.6) is 5.75 Å². The molecule has 0 radical (unpaired) electrons. The molecule has 0 aliphatic heterocycles. The highest BCUT2D eigenvalue weighted by atomic mass is 35.5. The quantitative estimate of drug-likeness (QED) is 0.808. The summed E-state index contributed by atoms with van der Waals surface area (Å²) in [6.07, 6.45) is 0. The van der Waals surface area contributed by atoms with Gasteiger partial charge in [-0.05, 0) is 18.2 Å². The molecule has 0 aliphatic carbocycles. The standard InChI is InChI=1S/C9H7ClN2O3/c10-5-14-7-3-1-2-6(4-7)8-11-12-9(13)15-8/h1-4H,5H2,(H,12,13). The fraction of sp³-hybridized carbons (Fsp3) is 0.111. The molecule has 0 saturated heterocycles. The molecule has 2 aromatic rings. The van der Waals surface area contributed by atoms with Gasteiger partial charge in [-0.15, -0.1) is 5.10 Å². The Hall–Kier alpha value is -1.75. The predicted molar refractivity (Wildman–Crippen MR) is 53.9 cm³/mol. The first kappa shape index (κ1) is 9.79. The van der Waals surface area contributed by atoms with Crippen molar-refractivity contribution in [3.05, 3.63) is 34.8 Å². The summed E-state index contributed by atoms with van der Waals surface area (Å²) in [5, 5.41) is 5.87. The molecule has 78 valence electrons. The Morgan fingerprint density at radius 2 is 2.40 bits per heavy atom. The van der Waals surface area contributed by atoms with Gasteiger partial charge in [0.25, 0.3) is 0 Å². The fourth-order valence-corrected chi connectivity index (χ4v) is 1.26. The molecular weight excluding hydrogens is 220 g/mol. The number of hydrogen-bond donors (Lipinski definition) is 1. The molecule has 0 unspecified atom stereocenters. The minimum Gasteiger partial charge on any atom is -0.478 e. The van der Waals surface area contributed by atoms with Gasteiger partial charge in [-0.25, -0.2) is 9.89 Å². The molecule has 1 aromatic heterocycles. The Kier molecular flexibility index (Phi) is 2.73. The molecule has 0 amide bonds. The van der Waals surface area contributed by atoms with E-state index in [1.165, 1.54) is 0 Å². The maximum absolute atomic E-state index is 10.7. The molecule has 15 heavy (non-hydrogen) atoms. The van der Waals surface area contributed by atoms with E-state index in [2.05, 4.69) is 10.2 Å². The summed E-state index contributed by atoms with van der Waals surface area (Å²) >= 11 is 5.42. The van der Waals surface area contributed by atoms with Crippen LogP contribution in [-0.4, -0.2) is 16.3 Å². The Balaban J connectivity index is 2.36. The lowest BCUT2D eigenvalue weighted by Crippen LogP contribution is -1.93. The molecule has 6 heteroatoms. The van der Waals surface area contributed by atoms with Crippen molar-refractivity contribution in [2.45, 2.75) is 0 Å². The highest BCUT2D eigenvalue weighted by molar-refractivity contribution is 6.17. The van der Waals surface area contributed by atoms with E-state index in [0.717, 1.165) is 0 Å². The smallest absolute Gasteiger partial charge is 0.434 e. The van der Waals surface area contributed by atoms with Gasteiger partial charge < -0.3 is 9.15 Å². The van der Waals surface area contributed by atoms with Gasteiger partial charge in [-0.2, -0.15) is 0 Å². The van der Waals surface area contributed by atoms with Crippen molar-refractivity contribution in [2.24, 2.45) is 0 Å². The average Bonchev–Trinajstić information content (AvgIpc) is 2.66. The molecule has 1 N–H and O–H groups in total. The van der Waals surface area contributed by atoms with Crippen LogP contribution in [0, 0.1) is 0 Å². The summed E-state index contributed by atoms with van der Waals surface area (Å²) in [5.74, 6) is 0.224. The lowest BCUT2D eigenvalue weighted by Gasteiger charge is -2.01. The number of halogens is 1. The summed E-state index contributed by atoms with van der Waals surface area (Å²) in [4.78, 5) is 10.7. The van der Waals surface area contributed by atoms with Crippen molar-refractivity contribution in [1.29, 1.82) is 0 Å². The SMILES string of the molecule is O=c1[nH]nc(-c2cccc(OCCl)c2)o1. The molecule has 0 spiro atoms. The van der Waals surface area contributed by atoms with Gasteiger partial charge in [0, 0.05) is 5.56 Å². The zero-order chi connectivity index (χ0) is 10.7. The van der Waals surface area contributed by atoms with Crippen molar-refractivity contribution in [3.63, 3.8) is 0 Å². The fourth-order valence-electron chi connectivity index (χ4n) is 1.14. The van der Waals surface area contributed by atoms with Crippen molar-refractivity contribution < 1.29 is 9.15 Å². The van der Waals surface area contributed by atoms with Gasteiger partial charge >= 0.3 is 5.76 Å². The van der Waals surface area contributed by atoms with Crippen molar-refractivity contribution in [1.82, 2.24) is 10.2 Å². The van der Waals surface area contributed by atoms with Crippen LogP contribution in [0.15, 0.2) is 33.5 Å². The van der Waals surface area contributed by atoms with Crippen molar-refractivity contribution in [3.8, 4) is 17.2 Å². The first-order valence-electron chi connectivity index (χ1n) is 4.14. The number of ether oxygens (including phenoxy) is 1. The Labute approximate surface area is 89.6 Å². The largest absolute Gasteiger partial charge is 0.478 e. The second-order valence-corrected chi connectivity index (χ2v) is 2.92. The Morgan fingerprint density at radius 1 is 1.53 bits per heavy atom. The number of aromatic amines is 1. The van der Waals surface area contributed by atoms with Gasteiger partial charge in [0.15, 0.2) is 6.07 Å². The van der Waals surface area contributed by atoms with E-state index in [-0.39, 0.29) is 12.0 Å². The van der Waals surface area contributed by atoms with Crippen LogP contribution in [-0.2, 0) is 0 Å². The molecule has 5 nitrogen and oxygen atoms in total. The zero-order valence-electron chi connectivity index (χ0n) is 7.57. The monoisotopic (exact) mass is 226 g/mol. The number of H-pyrrole nitrogens is 1. The summed E-state index contributed by atoms with van der Waals surface area (Å²) in [5.41, 5.74) is 0.649. The lowest BCUT2D eigenvalue weighted by molar-refractivity contribution is 0.388. The van der Waals surface area contributed by atoms with Gasteiger partial charge in [0.05, 0.1) is 0 Å². The maximum Gasteiger partial charge on any atom is 0.434 e. The number of benzene rings is 1. The van der Waals surface area contributed by atoms with E-state index in [1.807, 2.05) is 0 Å². The molecule has 0 saturated carbocycles. The molecular formula is C9H7ClN2O3. The number of alkyl halides is 1. The minimum absolute atomic E-state index is 0.0635. The van der Waals surface area contributed by atoms with Crippen LogP contribution in [0.4, 0.5) is 0 Å². The maximum atomic E-state index is 10.7. The molecule has 0 atom stereocenters. The highest BCUT2D eigenvalue weighted by Crippen LogP contribution is 2.21. The second-order valence-electron chi connectivity index (χ2n) is 2.70. The third-order valence-corrected chi connectivity index (χ3v) is 1.85. The number of nitrogens with zero attached hydrogens (tertiary/aromatic N) is 1. The number of nitrogens with one attached hydrogen (secondary N) is 1. The third-order valence-electron chi connectivity index (χ3n) is 1.74. The second kappa shape index (κ2) is 4.18. The molecule has 1 aromatic carbocycles. The third kappa shape index (κ3) is 2.19. The topological polar surface area (TPSA) is 68.1 Å². The van der Waals surface area contributed by atoms with Crippen LogP contribution in [0.25, 0.3) is 11.5 Å². The van der Waals surface area contributed by atoms with Gasteiger partial charge in [-0.1, -0.05) is 17.7 Å². The van der Waals surface area contributed by atoms with Crippen LogP contribution in [0.3, 0.4) is 0 Å². The van der Waals surface area contributed by atoms with Crippen LogP contribution in [0.1, 0.15) is 0 Å². The average molecular weight is 227 g/mol. The van der Waals surface area contributed by atoms with E-state index in [4.69, 9.17) is 20.8 Å². The number of rotatable bonds is 3. The highest BCUT2D eigenvalue weighted by Gasteiger charge is 2.05. The summed E-state index contributed by atoms with van der Waals surface area (Å²) in [7, 11) is 0. The lowest BCUT2D eigenvalue weighted by atomic mass is 10.2. The Bertz CT molecular complexity index is 506. The molecule has 0 bridgehead atoms. The molecule has 1 heterocycles. The Morgan fingerprint density at radius 3 is 3.07 bits per heavy atom. The summed E-state index contributed by atoms with van der Waals surface area (Å²) in [6, 6.07) is 7.00. The van der Waals surface area contributed by atoms with E-state index >= 15 is 0 Å². The van der Waals surface area contributed by atoms with Crippen molar-refractivity contribution >= 4 is 11.6 Å². The van der Waals surface area contributed by atoms with Gasteiger partial charge in [0.2, 0.25) is 5.89 Å². The van der Waals surface area contributed by atoms with Crippen molar-refractivity contribution in [2.75, 3.05) is 6.07 Å². The van der Waals surface area contributed by atoms with Crippen LogP contribution in [0.2, 0.25) is 0 Å². The number of hydrogen-bond acceptors (Lipinski definition) is 4. The first-order chi connectivity index (χ1) is 7.29. The first-order valence-corrected chi connectivity index (χ1v) is 4.68. The molecule has 0 aliphatic rings. The predicted octanol–water partition coefficient (Wildman–Crippen LogP) is 1.60. The summed E-state index contributed by atoms with van der Waals surface area (Å²) < 4.78 is 9.87. The molecule has 0 fully saturated rings. The summed E-state index contributed by atoms with van der Waals surface area (Å²) in [6.45, 7) is 0. The van der Waals surface area contributed by atoms with E-state index in [9.17, 15) is 4.79 Å². The van der Waals surface area contributed by atoms with Crippen LogP contribution >= 0.6 is 11.6 Å². The van der Waals surface area contributed by atoms with E-state index < -0.39 is 5.76 Å². The normalized spacial score (nSPS) is 10.2. The van der Waals surface area contributed by atoms with E-state index in [1.54, 1.807) is 24.3 Å².